The van der Waals surface area contributed by atoms with Crippen molar-refractivity contribution in [3.8, 4) is 0 Å². The number of non-ortho nitro benzene ring substituents is 1. The molecule has 7 heteroatoms. The number of hydrogen-bond acceptors (Lipinski definition) is 4. The number of hydrogen-bond donors (Lipinski definition) is 1. The summed E-state index contributed by atoms with van der Waals surface area (Å²) < 4.78 is 0.558. The molecule has 1 saturated heterocycles. The summed E-state index contributed by atoms with van der Waals surface area (Å²) >= 11 is 3.26. The zero-order valence-corrected chi connectivity index (χ0v) is 13.4. The van der Waals surface area contributed by atoms with E-state index >= 15 is 0 Å². The number of nitrogens with one attached hydrogen (secondary N) is 1. The summed E-state index contributed by atoms with van der Waals surface area (Å²) in [6.07, 6.45) is 3.43. The van der Waals surface area contributed by atoms with E-state index in [1.807, 2.05) is 0 Å². The van der Waals surface area contributed by atoms with Gasteiger partial charge in [0.15, 0.2) is 0 Å². The van der Waals surface area contributed by atoms with E-state index in [1.54, 1.807) is 0 Å². The van der Waals surface area contributed by atoms with Gasteiger partial charge in [-0.3, -0.25) is 14.9 Å². The SMILES string of the molecule is CN1CCCCC1CNC(=O)c1cc([N+](=O)[O-])ccc1Br. The quantitative estimate of drug-likeness (QED) is 0.665. The summed E-state index contributed by atoms with van der Waals surface area (Å²) in [6, 6.07) is 4.53. The number of likely N-dealkylation sites (tertiary alicyclic amines) is 1. The summed E-state index contributed by atoms with van der Waals surface area (Å²) in [5, 5.41) is 13.7. The third-order valence-electron chi connectivity index (χ3n) is 3.83. The number of carbonyl (C=O) groups excluding carboxylic acids is 1. The maximum Gasteiger partial charge on any atom is 0.270 e. The zero-order valence-electron chi connectivity index (χ0n) is 11.8. The molecule has 0 saturated carbocycles. The van der Waals surface area contributed by atoms with Crippen LogP contribution < -0.4 is 5.32 Å². The van der Waals surface area contributed by atoms with E-state index in [2.05, 4.69) is 33.2 Å². The lowest BCUT2D eigenvalue weighted by Gasteiger charge is -2.32. The molecule has 114 valence electrons. The number of rotatable bonds is 4. The molecule has 1 N–H and O–H groups in total. The lowest BCUT2D eigenvalue weighted by molar-refractivity contribution is -0.384. The fourth-order valence-corrected chi connectivity index (χ4v) is 2.94. The molecule has 21 heavy (non-hydrogen) atoms. The summed E-state index contributed by atoms with van der Waals surface area (Å²) in [7, 11) is 2.05. The van der Waals surface area contributed by atoms with Crippen molar-refractivity contribution >= 4 is 27.5 Å². The van der Waals surface area contributed by atoms with Crippen molar-refractivity contribution in [1.82, 2.24) is 10.2 Å². The van der Waals surface area contributed by atoms with Crippen molar-refractivity contribution in [3.05, 3.63) is 38.3 Å². The van der Waals surface area contributed by atoms with Crippen LogP contribution >= 0.6 is 15.9 Å². The van der Waals surface area contributed by atoms with E-state index in [-0.39, 0.29) is 11.6 Å². The minimum Gasteiger partial charge on any atom is -0.350 e. The first-order valence-corrected chi connectivity index (χ1v) is 7.70. The standard InChI is InChI=1S/C14H18BrN3O3/c1-17-7-3-2-4-11(17)9-16-14(19)12-8-10(18(20)21)5-6-13(12)15/h5-6,8,11H,2-4,7,9H2,1H3,(H,16,19). The van der Waals surface area contributed by atoms with Crippen LogP contribution in [-0.4, -0.2) is 41.9 Å². The molecule has 1 aliphatic rings. The molecule has 0 bridgehead atoms. The molecule has 0 aliphatic carbocycles. The van der Waals surface area contributed by atoms with Crippen molar-refractivity contribution in [3.63, 3.8) is 0 Å². The molecule has 1 heterocycles. The molecular formula is C14H18BrN3O3. The minimum absolute atomic E-state index is 0.0851. The number of carbonyl (C=O) groups is 1. The summed E-state index contributed by atoms with van der Waals surface area (Å²) in [4.78, 5) is 24.7. The topological polar surface area (TPSA) is 75.5 Å². The lowest BCUT2D eigenvalue weighted by atomic mass is 10.0. The van der Waals surface area contributed by atoms with Crippen LogP contribution in [0.4, 0.5) is 5.69 Å². The van der Waals surface area contributed by atoms with Crippen molar-refractivity contribution in [2.75, 3.05) is 20.1 Å². The molecule has 0 spiro atoms. The molecule has 0 radical (unpaired) electrons. The number of nitro groups is 1. The van der Waals surface area contributed by atoms with Gasteiger partial charge in [0, 0.05) is 29.2 Å². The first kappa shape index (κ1) is 15.9. The second-order valence-electron chi connectivity index (χ2n) is 5.26. The Labute approximate surface area is 131 Å². The van der Waals surface area contributed by atoms with Crippen LogP contribution in [0.25, 0.3) is 0 Å². The lowest BCUT2D eigenvalue weighted by Crippen LogP contribution is -2.44. The van der Waals surface area contributed by atoms with Crippen LogP contribution in [0.15, 0.2) is 22.7 Å². The maximum atomic E-state index is 12.2. The van der Waals surface area contributed by atoms with Gasteiger partial charge in [-0.1, -0.05) is 6.42 Å². The number of nitrogens with zero attached hydrogens (tertiary/aromatic N) is 2. The summed E-state index contributed by atoms with van der Waals surface area (Å²) in [5.74, 6) is -0.287. The van der Waals surface area contributed by atoms with Crippen LogP contribution in [0.2, 0.25) is 0 Å². The van der Waals surface area contributed by atoms with Crippen LogP contribution in [0.1, 0.15) is 29.6 Å². The first-order valence-electron chi connectivity index (χ1n) is 6.91. The van der Waals surface area contributed by atoms with Gasteiger partial charge >= 0.3 is 0 Å². The van der Waals surface area contributed by atoms with Crippen LogP contribution in [0.3, 0.4) is 0 Å². The third kappa shape index (κ3) is 4.01. The van der Waals surface area contributed by atoms with Gasteiger partial charge in [0.25, 0.3) is 11.6 Å². The second kappa shape index (κ2) is 7.00. The highest BCUT2D eigenvalue weighted by Crippen LogP contribution is 2.22. The van der Waals surface area contributed by atoms with Crippen molar-refractivity contribution in [2.24, 2.45) is 0 Å². The van der Waals surface area contributed by atoms with Gasteiger partial charge in [-0.2, -0.15) is 0 Å². The van der Waals surface area contributed by atoms with E-state index in [0.29, 0.717) is 22.6 Å². The molecular weight excluding hydrogens is 338 g/mol. The molecule has 1 amide bonds. The first-order chi connectivity index (χ1) is 9.99. The number of amides is 1. The Balaban J connectivity index is 2.02. The molecule has 2 rings (SSSR count). The number of likely N-dealkylation sites (N-methyl/N-ethyl adjacent to an activating group) is 1. The zero-order chi connectivity index (χ0) is 15.4. The van der Waals surface area contributed by atoms with Gasteiger partial charge in [0.05, 0.1) is 10.5 Å². The fourth-order valence-electron chi connectivity index (χ4n) is 2.51. The van der Waals surface area contributed by atoms with Crippen LogP contribution in [0, 0.1) is 10.1 Å². The van der Waals surface area contributed by atoms with Gasteiger partial charge in [-0.15, -0.1) is 0 Å². The second-order valence-corrected chi connectivity index (χ2v) is 6.12. The van der Waals surface area contributed by atoms with Crippen molar-refractivity contribution in [2.45, 2.75) is 25.3 Å². The number of benzene rings is 1. The Bertz CT molecular complexity index is 550. The highest BCUT2D eigenvalue weighted by Gasteiger charge is 2.21. The minimum atomic E-state index is -0.502. The molecule has 1 atom stereocenters. The smallest absolute Gasteiger partial charge is 0.270 e. The van der Waals surface area contributed by atoms with Crippen molar-refractivity contribution < 1.29 is 9.72 Å². The van der Waals surface area contributed by atoms with E-state index in [4.69, 9.17) is 0 Å². The van der Waals surface area contributed by atoms with Crippen LogP contribution in [-0.2, 0) is 0 Å². The third-order valence-corrected chi connectivity index (χ3v) is 4.52. The Kier molecular flexibility index (Phi) is 5.30. The van der Waals surface area contributed by atoms with E-state index in [0.717, 1.165) is 13.0 Å². The summed E-state index contributed by atoms with van der Waals surface area (Å²) in [5.41, 5.74) is 0.209. The molecule has 1 aromatic rings. The predicted molar refractivity (Wildman–Crippen MR) is 83.4 cm³/mol. The van der Waals surface area contributed by atoms with E-state index in [9.17, 15) is 14.9 Å². The van der Waals surface area contributed by atoms with E-state index < -0.39 is 4.92 Å². The Morgan fingerprint density at radius 3 is 2.95 bits per heavy atom. The number of piperidine rings is 1. The highest BCUT2D eigenvalue weighted by molar-refractivity contribution is 9.10. The number of halogens is 1. The molecule has 6 nitrogen and oxygen atoms in total. The van der Waals surface area contributed by atoms with Gasteiger partial charge < -0.3 is 10.2 Å². The molecule has 1 aromatic carbocycles. The largest absolute Gasteiger partial charge is 0.350 e. The summed E-state index contributed by atoms with van der Waals surface area (Å²) in [6.45, 7) is 1.60. The molecule has 1 fully saturated rings. The molecule has 1 aliphatic heterocycles. The fraction of sp³-hybridized carbons (Fsp3) is 0.500. The van der Waals surface area contributed by atoms with Gasteiger partial charge in [0.2, 0.25) is 0 Å². The molecule has 0 aromatic heterocycles. The van der Waals surface area contributed by atoms with Gasteiger partial charge in [0.1, 0.15) is 0 Å². The monoisotopic (exact) mass is 355 g/mol. The Morgan fingerprint density at radius 2 is 2.29 bits per heavy atom. The average Bonchev–Trinajstić information content (AvgIpc) is 2.46. The Hall–Kier alpha value is -1.47. The van der Waals surface area contributed by atoms with Crippen molar-refractivity contribution in [1.29, 1.82) is 0 Å². The van der Waals surface area contributed by atoms with E-state index in [1.165, 1.54) is 31.0 Å². The van der Waals surface area contributed by atoms with Gasteiger partial charge in [-0.05, 0) is 48.4 Å². The van der Waals surface area contributed by atoms with Crippen LogP contribution in [0.5, 0.6) is 0 Å². The normalized spacial score (nSPS) is 19.2. The maximum absolute atomic E-state index is 12.2. The van der Waals surface area contributed by atoms with Gasteiger partial charge in [-0.25, -0.2) is 0 Å². The number of nitro benzene ring substituents is 1. The predicted octanol–water partition coefficient (Wildman–Crippen LogP) is 2.57. The molecule has 1 unspecified atom stereocenters. The Morgan fingerprint density at radius 1 is 1.52 bits per heavy atom. The average molecular weight is 356 g/mol. The highest BCUT2D eigenvalue weighted by atomic mass is 79.9.